The summed E-state index contributed by atoms with van der Waals surface area (Å²) in [4.78, 5) is 21.0. The van der Waals surface area contributed by atoms with Crippen molar-refractivity contribution in [3.8, 4) is 0 Å². The third kappa shape index (κ3) is 4.17. The summed E-state index contributed by atoms with van der Waals surface area (Å²) in [6.07, 6.45) is 1.75. The van der Waals surface area contributed by atoms with Crippen LogP contribution in [0, 0.1) is 0 Å². The molecule has 2 atom stereocenters. The molecule has 0 aromatic carbocycles. The lowest BCUT2D eigenvalue weighted by Gasteiger charge is -2.43. The molecule has 140 valence electrons. The Hall–Kier alpha value is -1.13. The van der Waals surface area contributed by atoms with Crippen molar-refractivity contribution < 1.29 is 13.2 Å². The standard InChI is InChI=1S/C15H25N5O3S2/c1-3-5-19-6-7-20(12-10-25(22,23)9-11(12)19)14(21)8-24-15-16-13(4-2)17-18-15/h11-12H,3-10H2,1-2H3,(H,16,17,18). The third-order valence-corrected chi connectivity index (χ3v) is 7.32. The van der Waals surface area contributed by atoms with Gasteiger partial charge in [0.25, 0.3) is 0 Å². The minimum absolute atomic E-state index is 0.0314. The molecule has 0 aliphatic carbocycles. The second-order valence-electron chi connectivity index (χ2n) is 6.54. The minimum atomic E-state index is -3.09. The first-order valence-electron chi connectivity index (χ1n) is 8.71. The molecule has 1 N–H and O–H groups in total. The second-order valence-corrected chi connectivity index (χ2v) is 9.64. The lowest BCUT2D eigenvalue weighted by molar-refractivity contribution is -0.134. The van der Waals surface area contributed by atoms with Gasteiger partial charge in [-0.05, 0) is 13.0 Å². The molecule has 0 radical (unpaired) electrons. The van der Waals surface area contributed by atoms with Gasteiger partial charge in [-0.15, -0.1) is 5.10 Å². The van der Waals surface area contributed by atoms with Crippen LogP contribution in [-0.2, 0) is 21.1 Å². The van der Waals surface area contributed by atoms with Crippen molar-refractivity contribution in [2.45, 2.75) is 43.9 Å². The Labute approximate surface area is 152 Å². The van der Waals surface area contributed by atoms with Crippen LogP contribution in [0.5, 0.6) is 0 Å². The van der Waals surface area contributed by atoms with Crippen LogP contribution in [-0.4, -0.2) is 88.3 Å². The van der Waals surface area contributed by atoms with Crippen LogP contribution in [0.1, 0.15) is 26.1 Å². The van der Waals surface area contributed by atoms with Crippen LogP contribution in [0.2, 0.25) is 0 Å². The Bertz CT molecular complexity index is 721. The maximum atomic E-state index is 12.7. The van der Waals surface area contributed by atoms with Gasteiger partial charge in [0.1, 0.15) is 5.82 Å². The number of carbonyl (C=O) groups excluding carboxylic acids is 1. The lowest BCUT2D eigenvalue weighted by atomic mass is 10.0. The maximum Gasteiger partial charge on any atom is 0.233 e. The number of H-pyrrole nitrogens is 1. The number of hydrogen-bond donors (Lipinski definition) is 1. The Morgan fingerprint density at radius 2 is 2.04 bits per heavy atom. The number of aromatic amines is 1. The number of aromatic nitrogens is 3. The molecule has 1 aromatic rings. The van der Waals surface area contributed by atoms with Crippen molar-refractivity contribution in [1.82, 2.24) is 25.0 Å². The third-order valence-electron chi connectivity index (χ3n) is 4.79. The van der Waals surface area contributed by atoms with E-state index in [2.05, 4.69) is 27.0 Å². The number of carbonyl (C=O) groups is 1. The summed E-state index contributed by atoms with van der Waals surface area (Å²) in [6.45, 7) is 6.28. The SMILES string of the molecule is CCCN1CCN(C(=O)CSc2n[nH]c(CC)n2)C2CS(=O)(=O)CC21. The molecule has 10 heteroatoms. The highest BCUT2D eigenvalue weighted by atomic mass is 32.2. The Kier molecular flexibility index (Phi) is 5.69. The molecule has 8 nitrogen and oxygen atoms in total. The molecule has 2 fully saturated rings. The Balaban J connectivity index is 1.65. The molecule has 0 spiro atoms. The van der Waals surface area contributed by atoms with Gasteiger partial charge in [0, 0.05) is 25.6 Å². The van der Waals surface area contributed by atoms with Crippen molar-refractivity contribution >= 4 is 27.5 Å². The quantitative estimate of drug-likeness (QED) is 0.695. The molecule has 2 aliphatic rings. The molecule has 2 unspecified atom stereocenters. The monoisotopic (exact) mass is 387 g/mol. The predicted octanol–water partition coefficient (Wildman–Crippen LogP) is 0.179. The van der Waals surface area contributed by atoms with Gasteiger partial charge in [-0.3, -0.25) is 14.8 Å². The molecule has 3 rings (SSSR count). The van der Waals surface area contributed by atoms with Gasteiger partial charge < -0.3 is 4.90 Å². The van der Waals surface area contributed by atoms with E-state index in [1.807, 2.05) is 6.92 Å². The number of hydrogen-bond acceptors (Lipinski definition) is 7. The van der Waals surface area contributed by atoms with Crippen molar-refractivity contribution in [1.29, 1.82) is 0 Å². The van der Waals surface area contributed by atoms with Gasteiger partial charge >= 0.3 is 0 Å². The molecular formula is C15H25N5O3S2. The van der Waals surface area contributed by atoms with Gasteiger partial charge in [0.2, 0.25) is 11.1 Å². The van der Waals surface area contributed by atoms with Crippen molar-refractivity contribution in [2.75, 3.05) is 36.9 Å². The molecule has 0 saturated carbocycles. The zero-order valence-corrected chi connectivity index (χ0v) is 16.3. The van der Waals surface area contributed by atoms with Crippen LogP contribution in [0.3, 0.4) is 0 Å². The molecule has 1 aromatic heterocycles. The highest BCUT2D eigenvalue weighted by molar-refractivity contribution is 7.99. The summed E-state index contributed by atoms with van der Waals surface area (Å²) in [5, 5.41) is 7.48. The highest BCUT2D eigenvalue weighted by Gasteiger charge is 2.47. The van der Waals surface area contributed by atoms with Crippen LogP contribution >= 0.6 is 11.8 Å². The zero-order chi connectivity index (χ0) is 18.0. The Morgan fingerprint density at radius 3 is 2.72 bits per heavy atom. The fraction of sp³-hybridized carbons (Fsp3) is 0.800. The first-order chi connectivity index (χ1) is 11.9. The number of piperazine rings is 1. The fourth-order valence-corrected chi connectivity index (χ4v) is 6.32. The van der Waals surface area contributed by atoms with Crippen LogP contribution < -0.4 is 0 Å². The van der Waals surface area contributed by atoms with Gasteiger partial charge in [-0.1, -0.05) is 25.6 Å². The summed E-state index contributed by atoms with van der Waals surface area (Å²) < 4.78 is 24.3. The van der Waals surface area contributed by atoms with Gasteiger partial charge in [0.15, 0.2) is 9.84 Å². The molecule has 2 saturated heterocycles. The largest absolute Gasteiger partial charge is 0.335 e. The normalized spacial score (nSPS) is 25.9. The van der Waals surface area contributed by atoms with E-state index in [1.54, 1.807) is 4.90 Å². The highest BCUT2D eigenvalue weighted by Crippen LogP contribution is 2.28. The van der Waals surface area contributed by atoms with Crippen LogP contribution in [0.15, 0.2) is 5.16 Å². The first-order valence-corrected chi connectivity index (χ1v) is 11.5. The lowest BCUT2D eigenvalue weighted by Crippen LogP contribution is -2.61. The summed E-state index contributed by atoms with van der Waals surface area (Å²) in [5.41, 5.74) is 0. The van der Waals surface area contributed by atoms with Crippen LogP contribution in [0.25, 0.3) is 0 Å². The Morgan fingerprint density at radius 1 is 1.28 bits per heavy atom. The molecule has 3 heterocycles. The van der Waals surface area contributed by atoms with E-state index in [1.165, 1.54) is 11.8 Å². The van der Waals surface area contributed by atoms with Crippen molar-refractivity contribution in [3.63, 3.8) is 0 Å². The number of nitrogens with zero attached hydrogens (tertiary/aromatic N) is 4. The van der Waals surface area contributed by atoms with Gasteiger partial charge in [-0.25, -0.2) is 13.4 Å². The molecular weight excluding hydrogens is 362 g/mol. The smallest absolute Gasteiger partial charge is 0.233 e. The zero-order valence-electron chi connectivity index (χ0n) is 14.6. The second kappa shape index (κ2) is 7.63. The van der Waals surface area contributed by atoms with Gasteiger partial charge in [0.05, 0.1) is 23.3 Å². The molecule has 0 bridgehead atoms. The molecule has 25 heavy (non-hydrogen) atoms. The number of amides is 1. The maximum absolute atomic E-state index is 12.7. The van der Waals surface area contributed by atoms with E-state index in [0.717, 1.165) is 31.8 Å². The first kappa shape index (κ1) is 18.7. The number of aryl methyl sites for hydroxylation is 1. The van der Waals surface area contributed by atoms with E-state index < -0.39 is 9.84 Å². The van der Waals surface area contributed by atoms with Gasteiger partial charge in [-0.2, -0.15) is 0 Å². The topological polar surface area (TPSA) is 99.3 Å². The fourth-order valence-electron chi connectivity index (χ4n) is 3.61. The summed E-state index contributed by atoms with van der Waals surface area (Å²) in [6, 6.07) is -0.292. The van der Waals surface area contributed by atoms with E-state index in [9.17, 15) is 13.2 Å². The number of sulfone groups is 1. The van der Waals surface area contributed by atoms with Crippen molar-refractivity contribution in [3.05, 3.63) is 5.82 Å². The number of rotatable bonds is 6. The number of fused-ring (bicyclic) bond motifs is 1. The minimum Gasteiger partial charge on any atom is -0.335 e. The average Bonchev–Trinajstić information content (AvgIpc) is 3.16. The van der Waals surface area contributed by atoms with E-state index in [4.69, 9.17) is 0 Å². The van der Waals surface area contributed by atoms with Crippen LogP contribution in [0.4, 0.5) is 0 Å². The summed E-state index contributed by atoms with van der Waals surface area (Å²) >= 11 is 1.30. The van der Waals surface area contributed by atoms with E-state index in [-0.39, 0.29) is 35.2 Å². The number of thioether (sulfide) groups is 1. The van der Waals surface area contributed by atoms with E-state index in [0.29, 0.717) is 11.7 Å². The van der Waals surface area contributed by atoms with E-state index >= 15 is 0 Å². The molecule has 2 aliphatic heterocycles. The number of nitrogens with one attached hydrogen (secondary N) is 1. The van der Waals surface area contributed by atoms with Crippen molar-refractivity contribution in [2.24, 2.45) is 0 Å². The average molecular weight is 388 g/mol. The summed E-state index contributed by atoms with van der Waals surface area (Å²) in [5.74, 6) is 1.24. The molecule has 1 amide bonds. The summed E-state index contributed by atoms with van der Waals surface area (Å²) in [7, 11) is -3.09. The predicted molar refractivity (Wildman–Crippen MR) is 96.3 cm³/mol.